The second-order valence-electron chi connectivity index (χ2n) is 7.39. The summed E-state index contributed by atoms with van der Waals surface area (Å²) in [6.45, 7) is 6.94. The lowest BCUT2D eigenvalue weighted by Gasteiger charge is -2.16. The predicted octanol–water partition coefficient (Wildman–Crippen LogP) is 8.13. The Morgan fingerprint density at radius 3 is 1.38 bits per heavy atom. The lowest BCUT2D eigenvalue weighted by atomic mass is 10.1. The first kappa shape index (κ1) is 21.2. The molecule has 3 rings (SSSR count). The van der Waals surface area contributed by atoms with E-state index in [-0.39, 0.29) is 0 Å². The van der Waals surface area contributed by atoms with Crippen molar-refractivity contribution in [2.45, 2.75) is 65.7 Å². The van der Waals surface area contributed by atoms with E-state index >= 15 is 0 Å². The van der Waals surface area contributed by atoms with Gasteiger partial charge < -0.3 is 0 Å². The Morgan fingerprint density at radius 2 is 1.00 bits per heavy atom. The lowest BCUT2D eigenvalue weighted by molar-refractivity contribution is 0.847. The molecule has 0 radical (unpaired) electrons. The van der Waals surface area contributed by atoms with Gasteiger partial charge in [0.1, 0.15) is 0 Å². The van der Waals surface area contributed by atoms with Crippen LogP contribution < -0.4 is 0 Å². The van der Waals surface area contributed by atoms with Crippen molar-refractivity contribution in [3.8, 4) is 11.1 Å². The third-order valence-corrected chi connectivity index (χ3v) is 8.04. The monoisotopic (exact) mass is 368 g/mol. The van der Waals surface area contributed by atoms with Gasteiger partial charge in [0.2, 0.25) is 0 Å². The van der Waals surface area contributed by atoms with Crippen LogP contribution in [0.5, 0.6) is 0 Å². The van der Waals surface area contributed by atoms with E-state index in [2.05, 4.69) is 69.3 Å². The summed E-state index contributed by atoms with van der Waals surface area (Å²) < 4.78 is 0. The van der Waals surface area contributed by atoms with Gasteiger partial charge in [0.15, 0.2) is 0 Å². The Hall–Kier alpha value is -1.13. The summed E-state index contributed by atoms with van der Waals surface area (Å²) in [5.41, 5.74) is 5.75. The fourth-order valence-electron chi connectivity index (χ4n) is 3.56. The van der Waals surface area contributed by atoms with E-state index in [0.29, 0.717) is 7.92 Å². The minimum atomic E-state index is 0.422. The van der Waals surface area contributed by atoms with Crippen molar-refractivity contribution in [3.05, 3.63) is 59.7 Å². The van der Waals surface area contributed by atoms with Crippen molar-refractivity contribution in [1.29, 1.82) is 0 Å². The summed E-state index contributed by atoms with van der Waals surface area (Å²) in [5.74, 6) is 0. The number of benzene rings is 2. The molecule has 0 unspecified atom stereocenters. The third-order valence-electron chi connectivity index (χ3n) is 5.19. The van der Waals surface area contributed by atoms with Gasteiger partial charge in [-0.25, -0.2) is 0 Å². The van der Waals surface area contributed by atoms with Crippen LogP contribution in [0.25, 0.3) is 11.1 Å². The van der Waals surface area contributed by atoms with Crippen molar-refractivity contribution < 1.29 is 0 Å². The lowest BCUT2D eigenvalue weighted by Crippen LogP contribution is -1.95. The van der Waals surface area contributed by atoms with Crippen LogP contribution in [0.15, 0.2) is 48.5 Å². The first-order valence-corrected chi connectivity index (χ1v) is 12.6. The fraction of sp³-hybridized carbons (Fsp3) is 0.520. The molecule has 0 aliphatic heterocycles. The molecule has 2 aromatic carbocycles. The average Bonchev–Trinajstić information content (AvgIpc) is 3.07. The van der Waals surface area contributed by atoms with E-state index in [1.165, 1.54) is 60.8 Å². The minimum Gasteiger partial charge on any atom is -0.107 e. The first-order valence-electron chi connectivity index (χ1n) is 10.7. The van der Waals surface area contributed by atoms with Crippen molar-refractivity contribution in [3.63, 3.8) is 0 Å². The number of hydrogen-bond acceptors (Lipinski definition) is 0. The van der Waals surface area contributed by atoms with Gasteiger partial charge in [-0.1, -0.05) is 88.6 Å². The van der Waals surface area contributed by atoms with E-state index in [9.17, 15) is 0 Å². The molecule has 0 nitrogen and oxygen atoms in total. The van der Waals surface area contributed by atoms with Crippen LogP contribution in [-0.4, -0.2) is 18.5 Å². The maximum Gasteiger partial charge on any atom is -0.00135 e. The largest absolute Gasteiger partial charge is 0.107 e. The molecule has 26 heavy (non-hydrogen) atoms. The van der Waals surface area contributed by atoms with Crippen LogP contribution in [-0.2, 0) is 6.42 Å². The fourth-order valence-corrected chi connectivity index (χ4v) is 6.52. The molecule has 1 heteroatoms. The molecule has 0 N–H and O–H groups in total. The number of hydrogen-bond donors (Lipinski definition) is 0. The highest BCUT2D eigenvalue weighted by molar-refractivity contribution is 7.57. The summed E-state index contributed by atoms with van der Waals surface area (Å²) in [6.07, 6.45) is 14.3. The van der Waals surface area contributed by atoms with Gasteiger partial charge in [-0.3, -0.25) is 0 Å². The molecule has 0 saturated heterocycles. The summed E-state index contributed by atoms with van der Waals surface area (Å²) in [4.78, 5) is 0. The molecular weight excluding hydrogens is 331 g/mol. The topological polar surface area (TPSA) is 0 Å². The van der Waals surface area contributed by atoms with Crippen LogP contribution in [0.4, 0.5) is 0 Å². The molecule has 0 atom stereocenters. The van der Waals surface area contributed by atoms with Crippen molar-refractivity contribution in [1.82, 2.24) is 0 Å². The van der Waals surface area contributed by atoms with Crippen LogP contribution in [0, 0.1) is 0 Å². The van der Waals surface area contributed by atoms with Crippen molar-refractivity contribution >= 4 is 7.92 Å². The number of rotatable bonds is 9. The van der Waals surface area contributed by atoms with Gasteiger partial charge in [0.05, 0.1) is 0 Å². The molecule has 0 spiro atoms. The van der Waals surface area contributed by atoms with Crippen LogP contribution in [0.2, 0.25) is 0 Å². The minimum absolute atomic E-state index is 0.422. The van der Waals surface area contributed by atoms with E-state index in [4.69, 9.17) is 0 Å². The zero-order valence-electron chi connectivity index (χ0n) is 17.1. The van der Waals surface area contributed by atoms with Crippen molar-refractivity contribution in [2.75, 3.05) is 18.5 Å². The zero-order valence-corrected chi connectivity index (χ0v) is 18.0. The standard InChI is InChI=1S/C13H10.C12H27P/c1-3-7-12-10(5-1)9-11-6-2-4-8-13(11)12;1-4-7-10-13(11-8-5-2)12-9-6-3/h1-8H,9H2;4-12H2,1-3H3. The Labute approximate surface area is 163 Å². The summed E-state index contributed by atoms with van der Waals surface area (Å²) in [5, 5.41) is 0. The average molecular weight is 369 g/mol. The molecule has 0 aromatic heterocycles. The molecule has 0 saturated carbocycles. The SMILES string of the molecule is CCCCP(CCCC)CCCC.c1ccc2c(c1)Cc1ccccc1-2. The van der Waals surface area contributed by atoms with E-state index in [1.54, 1.807) is 18.5 Å². The highest BCUT2D eigenvalue weighted by Gasteiger charge is 2.15. The highest BCUT2D eigenvalue weighted by Crippen LogP contribution is 2.38. The third kappa shape index (κ3) is 6.55. The molecule has 142 valence electrons. The van der Waals surface area contributed by atoms with Gasteiger partial charge >= 0.3 is 0 Å². The Balaban J connectivity index is 0.000000187. The van der Waals surface area contributed by atoms with Crippen LogP contribution in [0.1, 0.15) is 70.4 Å². The molecule has 0 bridgehead atoms. The normalized spacial score (nSPS) is 11.7. The van der Waals surface area contributed by atoms with Gasteiger partial charge in [0.25, 0.3) is 0 Å². The molecular formula is C25H37P. The maximum atomic E-state index is 2.31. The molecule has 1 aliphatic carbocycles. The summed E-state index contributed by atoms with van der Waals surface area (Å²) in [6, 6.07) is 17.3. The smallest absolute Gasteiger partial charge is 0.00135 e. The highest BCUT2D eigenvalue weighted by atomic mass is 31.1. The Morgan fingerprint density at radius 1 is 0.615 bits per heavy atom. The second-order valence-corrected chi connectivity index (χ2v) is 10.1. The summed E-state index contributed by atoms with van der Waals surface area (Å²) >= 11 is 0. The second kappa shape index (κ2) is 12.3. The van der Waals surface area contributed by atoms with E-state index in [0.717, 1.165) is 6.42 Å². The number of unbranched alkanes of at least 4 members (excludes halogenated alkanes) is 3. The zero-order chi connectivity index (χ0) is 18.6. The molecule has 0 fully saturated rings. The van der Waals surface area contributed by atoms with Gasteiger partial charge in [-0.15, -0.1) is 7.92 Å². The quantitative estimate of drug-likeness (QED) is 0.334. The maximum absolute atomic E-state index is 2.31. The Bertz CT molecular complexity index is 569. The molecule has 1 aliphatic rings. The van der Waals surface area contributed by atoms with E-state index in [1.807, 2.05) is 0 Å². The van der Waals surface area contributed by atoms with Crippen LogP contribution in [0.3, 0.4) is 0 Å². The number of fused-ring (bicyclic) bond motifs is 3. The molecule has 0 heterocycles. The predicted molar refractivity (Wildman–Crippen MR) is 121 cm³/mol. The van der Waals surface area contributed by atoms with Crippen LogP contribution >= 0.6 is 7.92 Å². The van der Waals surface area contributed by atoms with Gasteiger partial charge in [-0.05, 0) is 66.4 Å². The first-order chi connectivity index (χ1) is 12.8. The summed E-state index contributed by atoms with van der Waals surface area (Å²) in [7, 11) is 0.422. The van der Waals surface area contributed by atoms with E-state index < -0.39 is 0 Å². The Kier molecular flexibility index (Phi) is 10.0. The van der Waals surface area contributed by atoms with Gasteiger partial charge in [0, 0.05) is 0 Å². The van der Waals surface area contributed by atoms with Crippen molar-refractivity contribution in [2.24, 2.45) is 0 Å². The molecule has 2 aromatic rings. The van der Waals surface area contributed by atoms with Gasteiger partial charge in [-0.2, -0.15) is 0 Å². The molecule has 0 amide bonds.